The second kappa shape index (κ2) is 5.91. The number of hydrogen-bond acceptors (Lipinski definition) is 2. The van der Waals surface area contributed by atoms with Gasteiger partial charge in [-0.2, -0.15) is 0 Å². The van der Waals surface area contributed by atoms with Gasteiger partial charge in [-0.25, -0.2) is 9.97 Å². The fraction of sp³-hybridized carbons (Fsp3) is 0.600. The molecule has 0 N–H and O–H groups in total. The van der Waals surface area contributed by atoms with Gasteiger partial charge < -0.3 is 4.57 Å². The number of nitrogens with zero attached hydrogens (tertiary/aromatic N) is 3. The summed E-state index contributed by atoms with van der Waals surface area (Å²) in [5.74, 6) is 2.30. The Bertz CT molecular complexity index is 560. The second-order valence-electron chi connectivity index (χ2n) is 5.67. The number of alkyl halides is 1. The Balaban J connectivity index is 2.51. The van der Waals surface area contributed by atoms with E-state index in [0.29, 0.717) is 17.8 Å². The molecule has 0 aliphatic carbocycles. The van der Waals surface area contributed by atoms with Crippen LogP contribution in [0, 0.1) is 12.8 Å². The van der Waals surface area contributed by atoms with E-state index in [1.165, 1.54) is 0 Å². The van der Waals surface area contributed by atoms with Crippen LogP contribution in [0.15, 0.2) is 12.3 Å². The number of aromatic nitrogens is 3. The van der Waals surface area contributed by atoms with E-state index in [1.807, 2.05) is 13.1 Å². The summed E-state index contributed by atoms with van der Waals surface area (Å²) in [7, 11) is 0. The van der Waals surface area contributed by atoms with E-state index >= 15 is 0 Å². The Hall–Kier alpha value is -1.09. The molecule has 0 aliphatic heterocycles. The number of rotatable bonds is 5. The van der Waals surface area contributed by atoms with Gasteiger partial charge in [0.15, 0.2) is 5.65 Å². The van der Waals surface area contributed by atoms with Crippen LogP contribution in [0.25, 0.3) is 11.2 Å². The lowest BCUT2D eigenvalue weighted by molar-refractivity contribution is 0.425. The molecular formula is C15H22ClN3. The summed E-state index contributed by atoms with van der Waals surface area (Å²) in [6, 6.07) is 2.50. The highest BCUT2D eigenvalue weighted by Gasteiger charge is 2.17. The number of aryl methyl sites for hydroxylation is 2. The third-order valence-electron chi connectivity index (χ3n) is 3.31. The summed E-state index contributed by atoms with van der Waals surface area (Å²) >= 11 is 5.90. The SMILES string of the molecule is Cc1cnc2c(c1)nc(CCCl)n2C(C)CC(C)C. The van der Waals surface area contributed by atoms with Gasteiger partial charge >= 0.3 is 0 Å². The molecule has 1 atom stereocenters. The number of fused-ring (bicyclic) bond motifs is 1. The van der Waals surface area contributed by atoms with Crippen LogP contribution >= 0.6 is 11.6 Å². The van der Waals surface area contributed by atoms with Crippen molar-refractivity contribution in [3.63, 3.8) is 0 Å². The van der Waals surface area contributed by atoms with Gasteiger partial charge in [0.25, 0.3) is 0 Å². The molecule has 2 rings (SSSR count). The molecule has 0 bridgehead atoms. The number of pyridine rings is 1. The van der Waals surface area contributed by atoms with Gasteiger partial charge in [-0.15, -0.1) is 11.6 Å². The lowest BCUT2D eigenvalue weighted by Gasteiger charge is -2.18. The van der Waals surface area contributed by atoms with Gasteiger partial charge in [-0.3, -0.25) is 0 Å². The van der Waals surface area contributed by atoms with Crippen LogP contribution in [0.5, 0.6) is 0 Å². The van der Waals surface area contributed by atoms with E-state index in [1.54, 1.807) is 0 Å². The Morgan fingerprint density at radius 2 is 2.05 bits per heavy atom. The molecule has 2 aromatic rings. The van der Waals surface area contributed by atoms with E-state index in [9.17, 15) is 0 Å². The molecule has 0 saturated carbocycles. The van der Waals surface area contributed by atoms with Crippen molar-refractivity contribution in [3.05, 3.63) is 23.7 Å². The largest absolute Gasteiger partial charge is 0.310 e. The average molecular weight is 280 g/mol. The first-order valence-corrected chi connectivity index (χ1v) is 7.45. The summed E-state index contributed by atoms with van der Waals surface area (Å²) in [6.45, 7) is 8.77. The number of imidazole rings is 1. The first-order valence-electron chi connectivity index (χ1n) is 6.92. The van der Waals surface area contributed by atoms with Crippen molar-refractivity contribution in [2.45, 2.75) is 46.6 Å². The molecule has 0 radical (unpaired) electrons. The average Bonchev–Trinajstić information content (AvgIpc) is 2.65. The molecule has 19 heavy (non-hydrogen) atoms. The normalized spacial score (nSPS) is 13.4. The summed E-state index contributed by atoms with van der Waals surface area (Å²) in [5, 5.41) is 0. The quantitative estimate of drug-likeness (QED) is 0.771. The molecule has 0 saturated heterocycles. The highest BCUT2D eigenvalue weighted by atomic mass is 35.5. The topological polar surface area (TPSA) is 30.7 Å². The van der Waals surface area contributed by atoms with Crippen molar-refractivity contribution in [1.82, 2.24) is 14.5 Å². The monoisotopic (exact) mass is 279 g/mol. The molecule has 0 fully saturated rings. The fourth-order valence-electron chi connectivity index (χ4n) is 2.64. The van der Waals surface area contributed by atoms with Crippen LogP contribution in [0.3, 0.4) is 0 Å². The van der Waals surface area contributed by atoms with Gasteiger partial charge in [0, 0.05) is 24.5 Å². The van der Waals surface area contributed by atoms with Crippen LogP contribution in [-0.4, -0.2) is 20.4 Å². The molecule has 4 heteroatoms. The zero-order valence-electron chi connectivity index (χ0n) is 12.2. The van der Waals surface area contributed by atoms with E-state index in [0.717, 1.165) is 35.4 Å². The lowest BCUT2D eigenvalue weighted by Crippen LogP contribution is -2.12. The third kappa shape index (κ3) is 3.08. The maximum Gasteiger partial charge on any atom is 0.160 e. The second-order valence-corrected chi connectivity index (χ2v) is 6.05. The van der Waals surface area contributed by atoms with Crippen molar-refractivity contribution in [2.75, 3.05) is 5.88 Å². The van der Waals surface area contributed by atoms with Gasteiger partial charge in [0.1, 0.15) is 11.3 Å². The maximum atomic E-state index is 5.90. The van der Waals surface area contributed by atoms with Crippen molar-refractivity contribution >= 4 is 22.8 Å². The van der Waals surface area contributed by atoms with Gasteiger partial charge in [-0.05, 0) is 37.8 Å². The van der Waals surface area contributed by atoms with Gasteiger partial charge in [0.05, 0.1) is 0 Å². The molecule has 0 aromatic carbocycles. The van der Waals surface area contributed by atoms with E-state index in [2.05, 4.69) is 36.4 Å². The first-order chi connectivity index (χ1) is 9.02. The predicted molar refractivity (Wildman–Crippen MR) is 80.9 cm³/mol. The van der Waals surface area contributed by atoms with Gasteiger partial charge in [0.2, 0.25) is 0 Å². The third-order valence-corrected chi connectivity index (χ3v) is 3.50. The molecule has 0 spiro atoms. The molecule has 0 amide bonds. The standard InChI is InChI=1S/C15H22ClN3/c1-10(2)7-12(4)19-14(5-6-16)18-13-8-11(3)9-17-15(13)19/h8-10,12H,5-7H2,1-4H3. The minimum atomic E-state index is 0.401. The molecular weight excluding hydrogens is 258 g/mol. The maximum absolute atomic E-state index is 5.90. The Kier molecular flexibility index (Phi) is 4.46. The minimum Gasteiger partial charge on any atom is -0.310 e. The smallest absolute Gasteiger partial charge is 0.160 e. The highest BCUT2D eigenvalue weighted by Crippen LogP contribution is 2.25. The predicted octanol–water partition coefficient (Wildman–Crippen LogP) is 4.13. The molecule has 3 nitrogen and oxygen atoms in total. The van der Waals surface area contributed by atoms with Crippen LogP contribution in [-0.2, 0) is 6.42 Å². The summed E-state index contributed by atoms with van der Waals surface area (Å²) in [4.78, 5) is 9.28. The van der Waals surface area contributed by atoms with E-state index < -0.39 is 0 Å². The molecule has 2 heterocycles. The number of hydrogen-bond donors (Lipinski definition) is 0. The zero-order valence-corrected chi connectivity index (χ0v) is 12.9. The first kappa shape index (κ1) is 14.3. The Labute approximate surface area is 120 Å². The molecule has 1 unspecified atom stereocenters. The van der Waals surface area contributed by atoms with Crippen molar-refractivity contribution < 1.29 is 0 Å². The van der Waals surface area contributed by atoms with Crippen LogP contribution in [0.2, 0.25) is 0 Å². The van der Waals surface area contributed by atoms with Gasteiger partial charge in [-0.1, -0.05) is 13.8 Å². The molecule has 0 aliphatic rings. The Morgan fingerprint density at radius 3 is 2.68 bits per heavy atom. The van der Waals surface area contributed by atoms with Crippen LogP contribution < -0.4 is 0 Å². The van der Waals surface area contributed by atoms with Crippen molar-refractivity contribution in [3.8, 4) is 0 Å². The van der Waals surface area contributed by atoms with Crippen LogP contribution in [0.4, 0.5) is 0 Å². The fourth-order valence-corrected chi connectivity index (χ4v) is 2.81. The molecule has 2 aromatic heterocycles. The van der Waals surface area contributed by atoms with Crippen molar-refractivity contribution in [2.24, 2.45) is 5.92 Å². The molecule has 104 valence electrons. The lowest BCUT2D eigenvalue weighted by atomic mass is 10.0. The highest BCUT2D eigenvalue weighted by molar-refractivity contribution is 6.17. The minimum absolute atomic E-state index is 0.401. The zero-order chi connectivity index (χ0) is 14.0. The summed E-state index contributed by atoms with van der Waals surface area (Å²) in [6.07, 6.45) is 3.82. The summed E-state index contributed by atoms with van der Waals surface area (Å²) < 4.78 is 2.26. The van der Waals surface area contributed by atoms with E-state index in [-0.39, 0.29) is 0 Å². The van der Waals surface area contributed by atoms with E-state index in [4.69, 9.17) is 16.6 Å². The van der Waals surface area contributed by atoms with Crippen molar-refractivity contribution in [1.29, 1.82) is 0 Å². The summed E-state index contributed by atoms with van der Waals surface area (Å²) in [5.41, 5.74) is 3.11. The van der Waals surface area contributed by atoms with Crippen LogP contribution in [0.1, 0.15) is 44.6 Å². The number of halogens is 1. The Morgan fingerprint density at radius 1 is 1.32 bits per heavy atom.